The van der Waals surface area contributed by atoms with Gasteiger partial charge in [0.2, 0.25) is 5.91 Å². The molecule has 1 atom stereocenters. The Bertz CT molecular complexity index is 321. The van der Waals surface area contributed by atoms with E-state index in [0.717, 1.165) is 17.8 Å². The number of amides is 1. The lowest BCUT2D eigenvalue weighted by molar-refractivity contribution is -0.128. The second kappa shape index (κ2) is 5.06. The van der Waals surface area contributed by atoms with Crippen molar-refractivity contribution in [1.29, 1.82) is 0 Å². The van der Waals surface area contributed by atoms with Gasteiger partial charge in [0.15, 0.2) is 0 Å². The fraction of sp³-hybridized carbons (Fsp3) is 0.933. The molecule has 4 bridgehead atoms. The molecular weight excluding hydrogens is 240 g/mol. The molecule has 4 rings (SSSR count). The van der Waals surface area contributed by atoms with Crippen molar-refractivity contribution in [2.75, 3.05) is 13.7 Å². The number of methoxy groups -OCH3 is 1. The molecule has 0 aromatic rings. The van der Waals surface area contributed by atoms with E-state index < -0.39 is 6.04 Å². The molecule has 0 radical (unpaired) electrons. The van der Waals surface area contributed by atoms with Gasteiger partial charge in [-0.15, -0.1) is 0 Å². The third kappa shape index (κ3) is 2.65. The third-order valence-corrected chi connectivity index (χ3v) is 5.40. The molecule has 4 fully saturated rings. The van der Waals surface area contributed by atoms with Crippen LogP contribution in [-0.2, 0) is 9.53 Å². The fourth-order valence-corrected chi connectivity index (χ4v) is 4.99. The van der Waals surface area contributed by atoms with Crippen LogP contribution in [-0.4, -0.2) is 31.2 Å². The Morgan fingerprint density at radius 1 is 1.26 bits per heavy atom. The monoisotopic (exact) mass is 266 g/mol. The lowest BCUT2D eigenvalue weighted by atomic mass is 9.53. The molecule has 0 aromatic heterocycles. The summed E-state index contributed by atoms with van der Waals surface area (Å²) >= 11 is 0. The molecule has 0 aliphatic heterocycles. The van der Waals surface area contributed by atoms with Gasteiger partial charge in [-0.25, -0.2) is 0 Å². The molecule has 0 spiro atoms. The molecule has 4 aliphatic rings. The van der Waals surface area contributed by atoms with E-state index in [1.165, 1.54) is 38.5 Å². The zero-order valence-corrected chi connectivity index (χ0v) is 11.9. The Kier molecular flexibility index (Phi) is 3.56. The number of carbonyl (C=O) groups excluding carboxylic acids is 1. The number of hydrogen-bond acceptors (Lipinski definition) is 3. The predicted molar refractivity (Wildman–Crippen MR) is 73.5 cm³/mol. The van der Waals surface area contributed by atoms with Gasteiger partial charge in [0.25, 0.3) is 0 Å². The predicted octanol–water partition coefficient (Wildman–Crippen LogP) is 1.44. The van der Waals surface area contributed by atoms with Crippen molar-refractivity contribution in [3.63, 3.8) is 0 Å². The Hall–Kier alpha value is -0.610. The second-order valence-electron chi connectivity index (χ2n) is 7.08. The van der Waals surface area contributed by atoms with Crippen LogP contribution in [0.1, 0.15) is 44.9 Å². The highest BCUT2D eigenvalue weighted by molar-refractivity contribution is 5.82. The molecule has 0 saturated heterocycles. The van der Waals surface area contributed by atoms with Gasteiger partial charge in [-0.3, -0.25) is 4.79 Å². The highest BCUT2D eigenvalue weighted by Crippen LogP contribution is 2.55. The van der Waals surface area contributed by atoms with Gasteiger partial charge in [-0.2, -0.15) is 0 Å². The number of ether oxygens (including phenoxy) is 1. The van der Waals surface area contributed by atoms with E-state index in [1.807, 2.05) is 0 Å². The summed E-state index contributed by atoms with van der Waals surface area (Å²) in [7, 11) is 1.64. The lowest BCUT2D eigenvalue weighted by Gasteiger charge is -2.57. The smallest absolute Gasteiger partial charge is 0.237 e. The van der Waals surface area contributed by atoms with Crippen molar-refractivity contribution < 1.29 is 9.53 Å². The van der Waals surface area contributed by atoms with E-state index in [9.17, 15) is 4.79 Å². The minimum Gasteiger partial charge on any atom is -0.385 e. The van der Waals surface area contributed by atoms with Crippen molar-refractivity contribution in [1.82, 2.24) is 5.32 Å². The van der Waals surface area contributed by atoms with Gasteiger partial charge in [0.05, 0.1) is 6.04 Å². The minimum atomic E-state index is -0.423. The highest BCUT2D eigenvalue weighted by Gasteiger charge is 2.51. The largest absolute Gasteiger partial charge is 0.385 e. The summed E-state index contributed by atoms with van der Waals surface area (Å²) in [6.07, 6.45) is 8.33. The number of rotatable bonds is 5. The van der Waals surface area contributed by atoms with Crippen LogP contribution in [0.25, 0.3) is 0 Å². The summed E-state index contributed by atoms with van der Waals surface area (Å²) in [4.78, 5) is 12.2. The zero-order valence-electron chi connectivity index (χ0n) is 11.9. The van der Waals surface area contributed by atoms with E-state index in [2.05, 4.69) is 5.32 Å². The fourth-order valence-electron chi connectivity index (χ4n) is 4.99. The summed E-state index contributed by atoms with van der Waals surface area (Å²) in [6, 6.07) is -0.423. The molecule has 4 heteroatoms. The average Bonchev–Trinajstić information content (AvgIpc) is 2.33. The van der Waals surface area contributed by atoms with Crippen LogP contribution in [0.2, 0.25) is 0 Å². The van der Waals surface area contributed by atoms with Gasteiger partial charge < -0.3 is 15.8 Å². The van der Waals surface area contributed by atoms with Crippen molar-refractivity contribution >= 4 is 5.91 Å². The number of carbonyl (C=O) groups is 1. The van der Waals surface area contributed by atoms with Gasteiger partial charge >= 0.3 is 0 Å². The summed E-state index contributed by atoms with van der Waals surface area (Å²) in [6.45, 7) is 0.551. The summed E-state index contributed by atoms with van der Waals surface area (Å²) < 4.78 is 5.00. The number of nitrogens with two attached hydrogens (primary N) is 1. The number of hydrogen-bond donors (Lipinski definition) is 2. The SMILES string of the molecule is COCCC(N)C(=O)NC12CC3CC(CC(C3)C1)C2. The third-order valence-electron chi connectivity index (χ3n) is 5.40. The molecule has 1 unspecified atom stereocenters. The van der Waals surface area contributed by atoms with Crippen LogP contribution in [0.4, 0.5) is 0 Å². The molecule has 108 valence electrons. The molecular formula is C15H26N2O2. The molecule has 3 N–H and O–H groups in total. The van der Waals surface area contributed by atoms with E-state index in [1.54, 1.807) is 7.11 Å². The van der Waals surface area contributed by atoms with Crippen LogP contribution < -0.4 is 11.1 Å². The van der Waals surface area contributed by atoms with Crippen molar-refractivity contribution in [3.05, 3.63) is 0 Å². The lowest BCUT2D eigenvalue weighted by Crippen LogP contribution is -2.62. The van der Waals surface area contributed by atoms with Crippen molar-refractivity contribution in [2.24, 2.45) is 23.5 Å². The first-order valence-corrected chi connectivity index (χ1v) is 7.67. The van der Waals surface area contributed by atoms with E-state index in [-0.39, 0.29) is 11.4 Å². The minimum absolute atomic E-state index is 0.0269. The van der Waals surface area contributed by atoms with Gasteiger partial charge in [-0.1, -0.05) is 0 Å². The Morgan fingerprint density at radius 3 is 2.26 bits per heavy atom. The van der Waals surface area contributed by atoms with Gasteiger partial charge in [0, 0.05) is 19.3 Å². The Morgan fingerprint density at radius 2 is 1.79 bits per heavy atom. The van der Waals surface area contributed by atoms with Gasteiger partial charge in [0.1, 0.15) is 0 Å². The maximum atomic E-state index is 12.2. The standard InChI is InChI=1S/C15H26N2O2/c1-19-3-2-13(16)14(18)17-15-7-10-4-11(8-15)6-12(5-10)9-15/h10-13H,2-9,16H2,1H3,(H,17,18). The molecule has 0 heterocycles. The molecule has 1 amide bonds. The van der Waals surface area contributed by atoms with Crippen LogP contribution in [0.5, 0.6) is 0 Å². The average molecular weight is 266 g/mol. The molecule has 4 aliphatic carbocycles. The first-order chi connectivity index (χ1) is 9.10. The number of nitrogens with one attached hydrogen (secondary N) is 1. The Labute approximate surface area is 115 Å². The van der Waals surface area contributed by atoms with E-state index >= 15 is 0 Å². The summed E-state index contributed by atoms with van der Waals surface area (Å²) in [5, 5.41) is 3.31. The maximum Gasteiger partial charge on any atom is 0.237 e. The van der Waals surface area contributed by atoms with Crippen LogP contribution in [0.15, 0.2) is 0 Å². The topological polar surface area (TPSA) is 64.3 Å². The summed E-state index contributed by atoms with van der Waals surface area (Å²) in [5.41, 5.74) is 6.02. The summed E-state index contributed by atoms with van der Waals surface area (Å²) in [5.74, 6) is 2.57. The maximum absolute atomic E-state index is 12.2. The molecule has 19 heavy (non-hydrogen) atoms. The molecule has 4 saturated carbocycles. The second-order valence-corrected chi connectivity index (χ2v) is 7.08. The zero-order chi connectivity index (χ0) is 13.5. The van der Waals surface area contributed by atoms with E-state index in [4.69, 9.17) is 10.5 Å². The molecule has 0 aromatic carbocycles. The van der Waals surface area contributed by atoms with Crippen LogP contribution in [0.3, 0.4) is 0 Å². The normalized spacial score (nSPS) is 41.3. The van der Waals surface area contributed by atoms with Crippen LogP contribution >= 0.6 is 0 Å². The van der Waals surface area contributed by atoms with Crippen molar-refractivity contribution in [3.8, 4) is 0 Å². The first kappa shape index (κ1) is 13.4. The first-order valence-electron chi connectivity index (χ1n) is 7.67. The Balaban J connectivity index is 1.61. The van der Waals surface area contributed by atoms with Gasteiger partial charge in [-0.05, 0) is 62.7 Å². The molecule has 4 nitrogen and oxygen atoms in total. The van der Waals surface area contributed by atoms with E-state index in [0.29, 0.717) is 13.0 Å². The van der Waals surface area contributed by atoms with Crippen LogP contribution in [0, 0.1) is 17.8 Å². The quantitative estimate of drug-likeness (QED) is 0.791. The highest BCUT2D eigenvalue weighted by atomic mass is 16.5. The van der Waals surface area contributed by atoms with Crippen molar-refractivity contribution in [2.45, 2.75) is 56.5 Å².